The minimum atomic E-state index is 0. The van der Waals surface area contributed by atoms with Gasteiger partial charge in [0, 0.05) is 28.6 Å². The minimum absolute atomic E-state index is 0. The molecule has 1 heterocycles. The largest absolute Gasteiger partial charge is 0.348 e. The summed E-state index contributed by atoms with van der Waals surface area (Å²) < 4.78 is 0. The van der Waals surface area contributed by atoms with Crippen molar-refractivity contribution in [2.24, 2.45) is 0 Å². The number of H-pyrrole nitrogens is 1. The Bertz CT molecular complexity index is 250. The summed E-state index contributed by atoms with van der Waals surface area (Å²) in [5.74, 6) is 0.969. The van der Waals surface area contributed by atoms with Crippen LogP contribution < -0.4 is 0 Å². The number of nitrogens with one attached hydrogen (secondary N) is 1. The molecule has 2 nitrogen and oxygen atoms in total. The maximum absolute atomic E-state index is 4.29. The second kappa shape index (κ2) is 14.9. The molecule has 0 aliphatic carbocycles. The van der Waals surface area contributed by atoms with Crippen molar-refractivity contribution in [3.05, 3.63) is 43.0 Å². The summed E-state index contributed by atoms with van der Waals surface area (Å²) in [5.41, 5.74) is 1.04. The lowest BCUT2D eigenvalue weighted by molar-refractivity contribution is 1.03. The zero-order chi connectivity index (χ0) is 10.8. The van der Waals surface area contributed by atoms with E-state index in [-0.39, 0.29) is 34.0 Å². The molecule has 0 fully saturated rings. The van der Waals surface area contributed by atoms with Crippen molar-refractivity contribution in [1.82, 2.24) is 9.97 Å². The summed E-state index contributed by atoms with van der Waals surface area (Å²) in [5, 5.41) is 0. The molecule has 0 amide bonds. The van der Waals surface area contributed by atoms with Gasteiger partial charge in [0.15, 0.2) is 0 Å². The van der Waals surface area contributed by atoms with Crippen molar-refractivity contribution in [3.8, 4) is 0 Å². The lowest BCUT2D eigenvalue weighted by Gasteiger charge is -1.85. The Labute approximate surface area is 122 Å². The molecule has 5 heteroatoms. The van der Waals surface area contributed by atoms with Gasteiger partial charge < -0.3 is 4.98 Å². The number of imidazole rings is 1. The van der Waals surface area contributed by atoms with Crippen LogP contribution in [0.15, 0.2) is 31.5 Å². The van der Waals surface area contributed by atoms with Gasteiger partial charge >= 0.3 is 0 Å². The van der Waals surface area contributed by atoms with Gasteiger partial charge in [-0.2, -0.15) is 0 Å². The molecule has 0 unspecified atom stereocenters. The first-order valence-electron chi connectivity index (χ1n) is 5.03. The van der Waals surface area contributed by atoms with E-state index in [4.69, 9.17) is 0 Å². The number of nitrogens with zero attached hydrogens (tertiary/aromatic N) is 1. The maximum Gasteiger partial charge on any atom is 0.110 e. The number of aromatic amines is 1. The third-order valence-electron chi connectivity index (χ3n) is 1.38. The molecular formula is C11H22Br2N2Si. The zero-order valence-corrected chi connectivity index (χ0v) is 14.9. The van der Waals surface area contributed by atoms with Gasteiger partial charge in [-0.25, -0.2) is 4.98 Å². The first-order chi connectivity index (χ1) is 6.78. The number of hydrogen-bond acceptors (Lipinski definition) is 1. The van der Waals surface area contributed by atoms with E-state index >= 15 is 0 Å². The fourth-order valence-electron chi connectivity index (χ4n) is 0.898. The molecule has 0 bridgehead atoms. The smallest absolute Gasteiger partial charge is 0.110 e. The van der Waals surface area contributed by atoms with Crippen molar-refractivity contribution in [1.29, 1.82) is 0 Å². The molecule has 0 saturated carbocycles. The van der Waals surface area contributed by atoms with Crippen LogP contribution in [0.3, 0.4) is 0 Å². The highest BCUT2D eigenvalue weighted by Crippen LogP contribution is 1.99. The summed E-state index contributed by atoms with van der Waals surface area (Å²) in [7, 11) is 0.417. The molecule has 0 spiro atoms. The van der Waals surface area contributed by atoms with Crippen LogP contribution >= 0.6 is 34.0 Å². The van der Waals surface area contributed by atoms with E-state index in [2.05, 4.69) is 36.2 Å². The summed E-state index contributed by atoms with van der Waals surface area (Å²) in [6, 6.07) is 0. The fourth-order valence-corrected chi connectivity index (χ4v) is 0.898. The van der Waals surface area contributed by atoms with E-state index < -0.39 is 0 Å². The predicted octanol–water partition coefficient (Wildman–Crippen LogP) is 3.27. The van der Waals surface area contributed by atoms with Crippen LogP contribution in [0.4, 0.5) is 0 Å². The van der Waals surface area contributed by atoms with Gasteiger partial charge in [0.25, 0.3) is 0 Å². The van der Waals surface area contributed by atoms with Gasteiger partial charge in [-0.3, -0.25) is 0 Å². The van der Waals surface area contributed by atoms with E-state index in [0.717, 1.165) is 24.4 Å². The average molecular weight is 370 g/mol. The highest BCUT2D eigenvalue weighted by molar-refractivity contribution is 8.93. The molecule has 0 aliphatic heterocycles. The first kappa shape index (κ1) is 21.2. The van der Waals surface area contributed by atoms with Gasteiger partial charge in [0.1, 0.15) is 5.82 Å². The molecule has 1 N–H and O–H groups in total. The van der Waals surface area contributed by atoms with Crippen LogP contribution in [0.1, 0.15) is 11.5 Å². The zero-order valence-electron chi connectivity index (χ0n) is 10.0. The Balaban J connectivity index is -0.000000306. The molecule has 16 heavy (non-hydrogen) atoms. The normalized spacial score (nSPS) is 7.62. The standard InChI is InChI=1S/C9H12N2.C2H8Si.2BrH/c1-3-5-8-7-10-9(11-8)6-4-2;1-3-2;;/h3-4,7H,1-2,5-6H2,(H,10,11);3H2,1-2H3;2*1H. The second-order valence-electron chi connectivity index (χ2n) is 3.03. The quantitative estimate of drug-likeness (QED) is 0.640. The van der Waals surface area contributed by atoms with Crippen molar-refractivity contribution in [2.75, 3.05) is 0 Å². The van der Waals surface area contributed by atoms with Crippen molar-refractivity contribution in [3.63, 3.8) is 0 Å². The number of aromatic nitrogens is 2. The van der Waals surface area contributed by atoms with Gasteiger partial charge in [0.05, 0.1) is 5.69 Å². The van der Waals surface area contributed by atoms with E-state index in [9.17, 15) is 0 Å². The molecule has 1 aromatic rings. The Hall–Kier alpha value is -0.133. The van der Waals surface area contributed by atoms with Crippen molar-refractivity contribution in [2.45, 2.75) is 25.9 Å². The second-order valence-corrected chi connectivity index (χ2v) is 4.45. The highest BCUT2D eigenvalue weighted by atomic mass is 79.9. The van der Waals surface area contributed by atoms with Crippen LogP contribution in [0.5, 0.6) is 0 Å². The van der Waals surface area contributed by atoms with Gasteiger partial charge in [0.2, 0.25) is 0 Å². The lowest BCUT2D eigenvalue weighted by atomic mass is 10.3. The molecular weight excluding hydrogens is 348 g/mol. The Morgan fingerprint density at radius 3 is 2.19 bits per heavy atom. The highest BCUT2D eigenvalue weighted by Gasteiger charge is 1.95. The van der Waals surface area contributed by atoms with E-state index in [1.165, 1.54) is 0 Å². The van der Waals surface area contributed by atoms with Gasteiger partial charge in [-0.1, -0.05) is 25.2 Å². The molecule has 1 rings (SSSR count). The van der Waals surface area contributed by atoms with E-state index in [1.54, 1.807) is 0 Å². The van der Waals surface area contributed by atoms with Gasteiger partial charge in [-0.05, 0) is 0 Å². The Morgan fingerprint density at radius 2 is 1.75 bits per heavy atom. The third-order valence-corrected chi connectivity index (χ3v) is 1.38. The monoisotopic (exact) mass is 368 g/mol. The number of rotatable bonds is 4. The summed E-state index contributed by atoms with van der Waals surface area (Å²) in [6.07, 6.45) is 7.20. The topological polar surface area (TPSA) is 28.7 Å². The molecule has 94 valence electrons. The van der Waals surface area contributed by atoms with Crippen LogP contribution in [0.2, 0.25) is 13.1 Å². The lowest BCUT2D eigenvalue weighted by Crippen LogP contribution is -1.84. The third kappa shape index (κ3) is 10.4. The van der Waals surface area contributed by atoms with Crippen LogP contribution in [0, 0.1) is 0 Å². The molecule has 0 saturated heterocycles. The number of halogens is 2. The van der Waals surface area contributed by atoms with E-state index in [1.807, 2.05) is 18.3 Å². The molecule has 0 radical (unpaired) electrons. The molecule has 0 aromatic carbocycles. The van der Waals surface area contributed by atoms with Crippen molar-refractivity contribution >= 4 is 43.5 Å². The molecule has 1 aromatic heterocycles. The number of hydrogen-bond donors (Lipinski definition) is 1. The summed E-state index contributed by atoms with van der Waals surface area (Å²) in [4.78, 5) is 7.35. The molecule has 0 atom stereocenters. The fraction of sp³-hybridized carbons (Fsp3) is 0.364. The van der Waals surface area contributed by atoms with Crippen LogP contribution in [0.25, 0.3) is 0 Å². The van der Waals surface area contributed by atoms with Gasteiger partial charge in [-0.15, -0.1) is 47.1 Å². The van der Waals surface area contributed by atoms with E-state index in [0.29, 0.717) is 9.52 Å². The average Bonchev–Trinajstić information content (AvgIpc) is 2.55. The van der Waals surface area contributed by atoms with Crippen LogP contribution in [-0.2, 0) is 12.8 Å². The van der Waals surface area contributed by atoms with Crippen molar-refractivity contribution < 1.29 is 0 Å². The summed E-state index contributed by atoms with van der Waals surface area (Å²) in [6.45, 7) is 11.8. The first-order valence-corrected chi connectivity index (χ1v) is 7.86. The Morgan fingerprint density at radius 1 is 1.25 bits per heavy atom. The summed E-state index contributed by atoms with van der Waals surface area (Å²) >= 11 is 0. The molecule has 0 aliphatic rings. The van der Waals surface area contributed by atoms with Crippen LogP contribution in [-0.4, -0.2) is 19.5 Å². The SMILES string of the molecule is Br.Br.C=CCc1c[nH]c(CC=C)n1.C[SiH2]C. The number of allylic oxidation sites excluding steroid dienone is 2. The Kier molecular flexibility index (Phi) is 19.7. The maximum atomic E-state index is 4.29. The minimum Gasteiger partial charge on any atom is -0.348 e. The predicted molar refractivity (Wildman–Crippen MR) is 87.3 cm³/mol.